The summed E-state index contributed by atoms with van der Waals surface area (Å²) in [5, 5.41) is 13.3. The molecule has 2 amide bonds. The molecule has 0 bridgehead atoms. The molecule has 8 nitrogen and oxygen atoms in total. The molecule has 0 unspecified atom stereocenters. The van der Waals surface area contributed by atoms with Crippen molar-refractivity contribution in [3.63, 3.8) is 0 Å². The quantitative estimate of drug-likeness (QED) is 0.388. The Labute approximate surface area is 142 Å². The molecule has 0 fully saturated rings. The molecular formula is C13H20N4O4S2. The summed E-state index contributed by atoms with van der Waals surface area (Å²) in [7, 11) is 0. The summed E-state index contributed by atoms with van der Waals surface area (Å²) in [6.45, 7) is 5.73. The maximum absolute atomic E-state index is 11.6. The van der Waals surface area contributed by atoms with Crippen molar-refractivity contribution in [3.8, 4) is 0 Å². The number of hydrogen-bond acceptors (Lipinski definition) is 8. The topological polar surface area (TPSA) is 110 Å². The lowest BCUT2D eigenvalue weighted by Gasteiger charge is -2.03. The first-order chi connectivity index (χ1) is 10.9. The van der Waals surface area contributed by atoms with Gasteiger partial charge in [-0.2, -0.15) is 0 Å². The zero-order chi connectivity index (χ0) is 17.2. The molecule has 0 aliphatic carbocycles. The van der Waals surface area contributed by atoms with Gasteiger partial charge in [0, 0.05) is 6.42 Å². The normalized spacial score (nSPS) is 10.4. The van der Waals surface area contributed by atoms with Crippen molar-refractivity contribution >= 4 is 46.0 Å². The first kappa shape index (κ1) is 19.4. The summed E-state index contributed by atoms with van der Waals surface area (Å²) in [6, 6.07) is 0. The molecular weight excluding hydrogens is 340 g/mol. The summed E-state index contributed by atoms with van der Waals surface area (Å²) in [6.07, 6.45) is 0.415. The molecule has 1 heterocycles. The van der Waals surface area contributed by atoms with E-state index in [1.807, 2.05) is 13.8 Å². The fourth-order valence-corrected chi connectivity index (χ4v) is 3.02. The van der Waals surface area contributed by atoms with Crippen LogP contribution < -0.4 is 10.6 Å². The van der Waals surface area contributed by atoms with E-state index in [0.717, 1.165) is 0 Å². The number of nitrogens with one attached hydrogen (secondary N) is 2. The van der Waals surface area contributed by atoms with Crippen molar-refractivity contribution in [3.05, 3.63) is 0 Å². The monoisotopic (exact) mass is 360 g/mol. The van der Waals surface area contributed by atoms with Crippen LogP contribution in [0.1, 0.15) is 27.2 Å². The lowest BCUT2D eigenvalue weighted by molar-refractivity contribution is -0.143. The Kier molecular flexibility index (Phi) is 8.56. The molecule has 2 N–H and O–H groups in total. The third-order valence-electron chi connectivity index (χ3n) is 2.31. The van der Waals surface area contributed by atoms with Crippen molar-refractivity contribution in [2.24, 2.45) is 5.92 Å². The van der Waals surface area contributed by atoms with Crippen LogP contribution in [0.3, 0.4) is 0 Å². The van der Waals surface area contributed by atoms with Gasteiger partial charge in [0.2, 0.25) is 16.9 Å². The molecule has 1 aromatic rings. The highest BCUT2D eigenvalue weighted by molar-refractivity contribution is 8.01. The first-order valence-corrected chi connectivity index (χ1v) is 8.89. The Balaban J connectivity index is 2.31. The smallest absolute Gasteiger partial charge is 0.325 e. The fraction of sp³-hybridized carbons (Fsp3) is 0.615. The van der Waals surface area contributed by atoms with Crippen LogP contribution in [0.2, 0.25) is 0 Å². The van der Waals surface area contributed by atoms with E-state index in [1.165, 1.54) is 23.1 Å². The lowest BCUT2D eigenvalue weighted by atomic mass is 10.1. The molecule has 1 aromatic heterocycles. The number of rotatable bonds is 9. The minimum Gasteiger partial charge on any atom is -0.465 e. The van der Waals surface area contributed by atoms with E-state index in [2.05, 4.69) is 20.8 Å². The van der Waals surface area contributed by atoms with Crippen LogP contribution in [-0.2, 0) is 19.1 Å². The summed E-state index contributed by atoms with van der Waals surface area (Å²) in [5.41, 5.74) is 0. The van der Waals surface area contributed by atoms with Crippen LogP contribution in [-0.4, -0.2) is 46.9 Å². The van der Waals surface area contributed by atoms with Crippen LogP contribution in [0.25, 0.3) is 0 Å². The molecule has 0 aliphatic rings. The average molecular weight is 360 g/mol. The summed E-state index contributed by atoms with van der Waals surface area (Å²) >= 11 is 2.38. The van der Waals surface area contributed by atoms with Gasteiger partial charge in [-0.05, 0) is 12.8 Å². The minimum atomic E-state index is -0.475. The molecule has 0 aromatic carbocycles. The van der Waals surface area contributed by atoms with E-state index >= 15 is 0 Å². The molecule has 0 atom stereocenters. The zero-order valence-electron chi connectivity index (χ0n) is 13.2. The van der Waals surface area contributed by atoms with Crippen LogP contribution in [0, 0.1) is 5.92 Å². The van der Waals surface area contributed by atoms with E-state index in [1.54, 1.807) is 6.92 Å². The Morgan fingerprint density at radius 3 is 2.65 bits per heavy atom. The molecule has 10 heteroatoms. The number of carbonyl (C=O) groups excluding carboxylic acids is 3. The van der Waals surface area contributed by atoms with Crippen LogP contribution in [0.5, 0.6) is 0 Å². The second kappa shape index (κ2) is 10.2. The third-order valence-corrected chi connectivity index (χ3v) is 4.28. The standard InChI is InChI=1S/C13H20N4O4S2/c1-4-21-11(20)6-14-10(19)7-22-13-17-16-12(23-13)15-9(18)5-8(2)3/h8H,4-7H2,1-3H3,(H,14,19)(H,15,16,18). The first-order valence-electron chi connectivity index (χ1n) is 7.09. The highest BCUT2D eigenvalue weighted by atomic mass is 32.2. The minimum absolute atomic E-state index is 0.105. The van der Waals surface area contributed by atoms with Gasteiger partial charge in [-0.1, -0.05) is 36.9 Å². The van der Waals surface area contributed by atoms with Crippen LogP contribution in [0.15, 0.2) is 4.34 Å². The van der Waals surface area contributed by atoms with E-state index in [9.17, 15) is 14.4 Å². The van der Waals surface area contributed by atoms with Crippen molar-refractivity contribution in [2.75, 3.05) is 24.2 Å². The number of esters is 1. The van der Waals surface area contributed by atoms with Gasteiger partial charge in [0.05, 0.1) is 12.4 Å². The predicted molar refractivity (Wildman–Crippen MR) is 88.4 cm³/mol. The molecule has 0 spiro atoms. The van der Waals surface area contributed by atoms with Gasteiger partial charge in [0.1, 0.15) is 6.54 Å². The zero-order valence-corrected chi connectivity index (χ0v) is 14.9. The SMILES string of the molecule is CCOC(=O)CNC(=O)CSc1nnc(NC(=O)CC(C)C)s1. The third kappa shape index (κ3) is 8.50. The van der Waals surface area contributed by atoms with E-state index < -0.39 is 5.97 Å². The highest BCUT2D eigenvalue weighted by Gasteiger charge is 2.12. The van der Waals surface area contributed by atoms with Crippen LogP contribution in [0.4, 0.5) is 5.13 Å². The van der Waals surface area contributed by atoms with Crippen molar-refractivity contribution in [1.29, 1.82) is 0 Å². The van der Waals surface area contributed by atoms with E-state index in [-0.39, 0.29) is 36.6 Å². The second-order valence-corrected chi connectivity index (χ2v) is 7.09. The maximum Gasteiger partial charge on any atom is 0.325 e. The molecule has 23 heavy (non-hydrogen) atoms. The molecule has 128 valence electrons. The van der Waals surface area contributed by atoms with Crippen molar-refractivity contribution < 1.29 is 19.1 Å². The Morgan fingerprint density at radius 1 is 1.26 bits per heavy atom. The van der Waals surface area contributed by atoms with Crippen molar-refractivity contribution in [2.45, 2.75) is 31.5 Å². The fourth-order valence-electron chi connectivity index (χ4n) is 1.42. The number of nitrogens with zero attached hydrogens (tertiary/aromatic N) is 2. The summed E-state index contributed by atoms with van der Waals surface area (Å²) in [5.74, 6) is -0.520. The van der Waals surface area contributed by atoms with Crippen LogP contribution >= 0.6 is 23.1 Å². The van der Waals surface area contributed by atoms with Gasteiger partial charge >= 0.3 is 5.97 Å². The van der Waals surface area contributed by atoms with Gasteiger partial charge in [-0.15, -0.1) is 10.2 Å². The van der Waals surface area contributed by atoms with Gasteiger partial charge in [-0.3, -0.25) is 14.4 Å². The highest BCUT2D eigenvalue weighted by Crippen LogP contribution is 2.25. The summed E-state index contributed by atoms with van der Waals surface area (Å²) in [4.78, 5) is 34.3. The Morgan fingerprint density at radius 2 is 2.00 bits per heavy atom. The molecule has 0 aliphatic heterocycles. The molecule has 0 radical (unpaired) electrons. The largest absolute Gasteiger partial charge is 0.465 e. The number of ether oxygens (including phenoxy) is 1. The number of carbonyl (C=O) groups is 3. The van der Waals surface area contributed by atoms with E-state index in [0.29, 0.717) is 15.9 Å². The summed E-state index contributed by atoms with van der Waals surface area (Å²) < 4.78 is 5.27. The number of anilines is 1. The number of thioether (sulfide) groups is 1. The second-order valence-electron chi connectivity index (χ2n) is 4.89. The number of amides is 2. The number of hydrogen-bond donors (Lipinski definition) is 2. The molecule has 0 saturated carbocycles. The molecule has 1 rings (SSSR count). The lowest BCUT2D eigenvalue weighted by Crippen LogP contribution is -2.31. The Hall–Kier alpha value is -1.68. The van der Waals surface area contributed by atoms with Gasteiger partial charge < -0.3 is 15.4 Å². The predicted octanol–water partition coefficient (Wildman–Crippen LogP) is 1.29. The van der Waals surface area contributed by atoms with Gasteiger partial charge in [0.15, 0.2) is 4.34 Å². The van der Waals surface area contributed by atoms with E-state index in [4.69, 9.17) is 4.74 Å². The van der Waals surface area contributed by atoms with Gasteiger partial charge in [0.25, 0.3) is 0 Å². The Bertz CT molecular complexity index is 548. The maximum atomic E-state index is 11.6. The number of aromatic nitrogens is 2. The average Bonchev–Trinajstić information content (AvgIpc) is 2.89. The van der Waals surface area contributed by atoms with Gasteiger partial charge in [-0.25, -0.2) is 0 Å². The van der Waals surface area contributed by atoms with Crippen molar-refractivity contribution in [1.82, 2.24) is 15.5 Å². The molecule has 0 saturated heterocycles.